The second kappa shape index (κ2) is 7.86. The smallest absolute Gasteiger partial charge is 0.422 e. The molecule has 0 aromatic heterocycles. The average molecular weight is 413 g/mol. The van der Waals surface area contributed by atoms with Gasteiger partial charge in [0.25, 0.3) is 0 Å². The lowest BCUT2D eigenvalue weighted by atomic mass is 10.0. The lowest BCUT2D eigenvalue weighted by Gasteiger charge is -2.19. The number of esters is 1. The minimum Gasteiger partial charge on any atom is -0.483 e. The Balaban J connectivity index is 1.67. The van der Waals surface area contributed by atoms with Crippen LogP contribution in [0.2, 0.25) is 0 Å². The summed E-state index contributed by atoms with van der Waals surface area (Å²) in [5.74, 6) is -3.48. The molecule has 0 radical (unpaired) electrons. The van der Waals surface area contributed by atoms with Gasteiger partial charge in [-0.2, -0.15) is 0 Å². The summed E-state index contributed by atoms with van der Waals surface area (Å²) in [6.07, 6.45) is -0.470. The maximum Gasteiger partial charge on any atom is 0.422 e. The standard InChI is InChI=1S/C21H19NO8/c1-21(2)11-13-7-5-9-15(16(13)30-21)29-20(27)22(3)17(23)19(26)28-14-8-4-6-12(10-14)18(24)25/h4-10H,11H2,1-3H3,(H,24,25). The van der Waals surface area contributed by atoms with Crippen LogP contribution < -0.4 is 14.2 Å². The normalized spacial score (nSPS) is 13.6. The number of carbonyl (C=O) groups excluding carboxylic acids is 3. The van der Waals surface area contributed by atoms with E-state index in [0.29, 0.717) is 17.1 Å². The van der Waals surface area contributed by atoms with Crippen molar-refractivity contribution in [2.75, 3.05) is 7.05 Å². The predicted molar refractivity (Wildman–Crippen MR) is 103 cm³/mol. The summed E-state index contributed by atoms with van der Waals surface area (Å²) in [5.41, 5.74) is 0.277. The number of benzene rings is 2. The number of fused-ring (bicyclic) bond motifs is 1. The van der Waals surface area contributed by atoms with Gasteiger partial charge in [0.15, 0.2) is 11.5 Å². The summed E-state index contributed by atoms with van der Waals surface area (Å²) in [6.45, 7) is 3.78. The molecule has 0 saturated carbocycles. The number of hydrogen-bond acceptors (Lipinski definition) is 7. The van der Waals surface area contributed by atoms with Gasteiger partial charge in [-0.3, -0.25) is 4.79 Å². The first kappa shape index (κ1) is 20.8. The van der Waals surface area contributed by atoms with E-state index in [1.807, 2.05) is 19.9 Å². The molecule has 2 aromatic rings. The number of para-hydroxylation sites is 1. The summed E-state index contributed by atoms with van der Waals surface area (Å²) in [4.78, 5) is 48.1. The van der Waals surface area contributed by atoms with Crippen LogP contribution in [0, 0.1) is 0 Å². The van der Waals surface area contributed by atoms with E-state index in [4.69, 9.17) is 19.3 Å². The molecule has 3 rings (SSSR count). The van der Waals surface area contributed by atoms with Crippen molar-refractivity contribution in [3.8, 4) is 17.2 Å². The Morgan fingerprint density at radius 2 is 1.77 bits per heavy atom. The van der Waals surface area contributed by atoms with Crippen molar-refractivity contribution in [1.82, 2.24) is 4.90 Å². The Hall–Kier alpha value is -3.88. The largest absolute Gasteiger partial charge is 0.483 e. The van der Waals surface area contributed by atoms with Gasteiger partial charge in [0, 0.05) is 19.0 Å². The first-order chi connectivity index (χ1) is 14.1. The topological polar surface area (TPSA) is 119 Å². The summed E-state index contributed by atoms with van der Waals surface area (Å²) in [5, 5.41) is 8.97. The Morgan fingerprint density at radius 1 is 1.07 bits per heavy atom. The second-order valence-corrected chi connectivity index (χ2v) is 7.24. The van der Waals surface area contributed by atoms with Gasteiger partial charge in [0.2, 0.25) is 0 Å². The number of ether oxygens (including phenoxy) is 3. The van der Waals surface area contributed by atoms with Gasteiger partial charge < -0.3 is 19.3 Å². The molecule has 0 atom stereocenters. The maximum atomic E-state index is 12.4. The molecule has 0 fully saturated rings. The maximum absolute atomic E-state index is 12.4. The molecular formula is C21H19NO8. The van der Waals surface area contributed by atoms with E-state index in [1.165, 1.54) is 24.3 Å². The predicted octanol–water partition coefficient (Wildman–Crippen LogP) is 2.66. The molecule has 1 aliphatic rings. The fourth-order valence-corrected chi connectivity index (χ4v) is 2.89. The quantitative estimate of drug-likeness (QED) is 0.463. The van der Waals surface area contributed by atoms with Gasteiger partial charge in [-0.05, 0) is 38.1 Å². The van der Waals surface area contributed by atoms with Crippen molar-refractivity contribution < 1.29 is 38.5 Å². The van der Waals surface area contributed by atoms with E-state index in [1.54, 1.807) is 6.07 Å². The van der Waals surface area contributed by atoms with E-state index >= 15 is 0 Å². The van der Waals surface area contributed by atoms with Crippen molar-refractivity contribution in [1.29, 1.82) is 0 Å². The number of carboxylic acid groups (broad SMARTS) is 1. The molecule has 0 aliphatic carbocycles. The van der Waals surface area contributed by atoms with E-state index in [-0.39, 0.29) is 17.1 Å². The number of hydrogen-bond donors (Lipinski definition) is 1. The Morgan fingerprint density at radius 3 is 2.47 bits per heavy atom. The summed E-state index contributed by atoms with van der Waals surface area (Å²) in [6, 6.07) is 10.1. The van der Waals surface area contributed by atoms with E-state index in [9.17, 15) is 19.2 Å². The van der Waals surface area contributed by atoms with Crippen LogP contribution in [0.3, 0.4) is 0 Å². The SMILES string of the molecule is CN(C(=O)Oc1cccc2c1OC(C)(C)C2)C(=O)C(=O)Oc1cccc(C(=O)O)c1. The summed E-state index contributed by atoms with van der Waals surface area (Å²) in [7, 11) is 1.06. The minimum atomic E-state index is -1.37. The number of likely N-dealkylation sites (N-methyl/N-ethyl adjacent to an activating group) is 1. The third kappa shape index (κ3) is 4.40. The highest BCUT2D eigenvalue weighted by Gasteiger charge is 2.34. The van der Waals surface area contributed by atoms with Gasteiger partial charge in [-0.1, -0.05) is 18.2 Å². The lowest BCUT2D eigenvalue weighted by Crippen LogP contribution is -2.41. The molecule has 156 valence electrons. The van der Waals surface area contributed by atoms with Crippen LogP contribution in [0.4, 0.5) is 4.79 Å². The highest BCUT2D eigenvalue weighted by atomic mass is 16.6. The van der Waals surface area contributed by atoms with Crippen LogP contribution >= 0.6 is 0 Å². The van der Waals surface area contributed by atoms with Crippen LogP contribution in [0.5, 0.6) is 17.2 Å². The average Bonchev–Trinajstić information content (AvgIpc) is 3.01. The van der Waals surface area contributed by atoms with Crippen molar-refractivity contribution in [3.63, 3.8) is 0 Å². The molecule has 1 aliphatic heterocycles. The first-order valence-electron chi connectivity index (χ1n) is 8.93. The van der Waals surface area contributed by atoms with Gasteiger partial charge in [0.05, 0.1) is 5.56 Å². The number of aromatic carboxylic acids is 1. The van der Waals surface area contributed by atoms with Crippen molar-refractivity contribution in [3.05, 3.63) is 53.6 Å². The fraction of sp³-hybridized carbons (Fsp3) is 0.238. The number of imide groups is 1. The first-order valence-corrected chi connectivity index (χ1v) is 8.93. The van der Waals surface area contributed by atoms with Crippen LogP contribution in [0.15, 0.2) is 42.5 Å². The second-order valence-electron chi connectivity index (χ2n) is 7.24. The highest BCUT2D eigenvalue weighted by Crippen LogP contribution is 2.41. The minimum absolute atomic E-state index is 0.124. The highest BCUT2D eigenvalue weighted by molar-refractivity contribution is 6.35. The monoisotopic (exact) mass is 413 g/mol. The van der Waals surface area contributed by atoms with Crippen LogP contribution in [-0.2, 0) is 16.0 Å². The Bertz CT molecular complexity index is 1040. The molecule has 2 aromatic carbocycles. The molecular weight excluding hydrogens is 394 g/mol. The summed E-state index contributed by atoms with van der Waals surface area (Å²) >= 11 is 0. The van der Waals surface area contributed by atoms with E-state index < -0.39 is 29.5 Å². The molecule has 1 N–H and O–H groups in total. The number of rotatable bonds is 3. The van der Waals surface area contributed by atoms with Crippen LogP contribution in [0.25, 0.3) is 0 Å². The van der Waals surface area contributed by atoms with Crippen molar-refractivity contribution in [2.45, 2.75) is 25.9 Å². The zero-order valence-electron chi connectivity index (χ0n) is 16.5. The van der Waals surface area contributed by atoms with Crippen LogP contribution in [-0.4, -0.2) is 46.6 Å². The van der Waals surface area contributed by atoms with Gasteiger partial charge in [-0.15, -0.1) is 0 Å². The molecule has 9 heteroatoms. The zero-order valence-corrected chi connectivity index (χ0v) is 16.5. The molecule has 0 spiro atoms. The fourth-order valence-electron chi connectivity index (χ4n) is 2.89. The van der Waals surface area contributed by atoms with E-state index in [2.05, 4.69) is 0 Å². The molecule has 9 nitrogen and oxygen atoms in total. The van der Waals surface area contributed by atoms with Gasteiger partial charge >= 0.3 is 23.9 Å². The van der Waals surface area contributed by atoms with Crippen molar-refractivity contribution >= 4 is 23.9 Å². The molecule has 0 saturated heterocycles. The summed E-state index contributed by atoms with van der Waals surface area (Å²) < 4.78 is 15.9. The van der Waals surface area contributed by atoms with Crippen LogP contribution in [0.1, 0.15) is 29.8 Å². The third-order valence-electron chi connectivity index (χ3n) is 4.30. The van der Waals surface area contributed by atoms with Gasteiger partial charge in [0.1, 0.15) is 11.4 Å². The Kier molecular flexibility index (Phi) is 5.46. The number of carboxylic acids is 1. The molecule has 0 unspecified atom stereocenters. The van der Waals surface area contributed by atoms with Crippen molar-refractivity contribution in [2.24, 2.45) is 0 Å². The zero-order chi connectivity index (χ0) is 22.1. The van der Waals surface area contributed by atoms with Gasteiger partial charge in [-0.25, -0.2) is 19.3 Å². The molecule has 0 bridgehead atoms. The lowest BCUT2D eigenvalue weighted by molar-refractivity contribution is -0.152. The third-order valence-corrected chi connectivity index (χ3v) is 4.30. The molecule has 2 amide bonds. The number of carbonyl (C=O) groups is 4. The number of amides is 2. The molecule has 1 heterocycles. The Labute approximate surface area is 171 Å². The van der Waals surface area contributed by atoms with E-state index in [0.717, 1.165) is 18.7 Å². The number of nitrogens with zero attached hydrogens (tertiary/aromatic N) is 1. The molecule has 30 heavy (non-hydrogen) atoms.